The zero-order chi connectivity index (χ0) is 24.6. The number of carbonyl (C=O) groups excluding carboxylic acids is 1. The molecule has 3 aromatic rings. The highest BCUT2D eigenvalue weighted by Crippen LogP contribution is 2.28. The Morgan fingerprint density at radius 2 is 2.03 bits per heavy atom. The number of benzene rings is 1. The molecule has 2 aromatic heterocycles. The molecule has 1 aromatic carbocycles. The number of imidazole rings is 1. The van der Waals surface area contributed by atoms with Crippen LogP contribution in [-0.2, 0) is 11.2 Å². The van der Waals surface area contributed by atoms with Crippen molar-refractivity contribution in [2.24, 2.45) is 0 Å². The molecule has 1 atom stereocenters. The van der Waals surface area contributed by atoms with Crippen LogP contribution in [0, 0.1) is 0 Å². The van der Waals surface area contributed by atoms with Crippen molar-refractivity contribution < 1.29 is 9.53 Å². The van der Waals surface area contributed by atoms with E-state index >= 15 is 0 Å². The number of nitrogens with zero attached hydrogens (tertiary/aromatic N) is 5. The molecule has 4 rings (SSSR count). The van der Waals surface area contributed by atoms with Gasteiger partial charge in [0.1, 0.15) is 17.9 Å². The summed E-state index contributed by atoms with van der Waals surface area (Å²) in [6.07, 6.45) is 9.76. The van der Waals surface area contributed by atoms with Gasteiger partial charge in [-0.1, -0.05) is 26.0 Å². The van der Waals surface area contributed by atoms with Crippen LogP contribution in [0.3, 0.4) is 0 Å². The zero-order valence-electron chi connectivity index (χ0n) is 21.0. The Balaban J connectivity index is 1.40. The predicted molar refractivity (Wildman–Crippen MR) is 137 cm³/mol. The van der Waals surface area contributed by atoms with E-state index in [0.29, 0.717) is 25.5 Å². The van der Waals surface area contributed by atoms with Crippen LogP contribution >= 0.6 is 0 Å². The summed E-state index contributed by atoms with van der Waals surface area (Å²) in [5.41, 5.74) is 2.17. The fourth-order valence-corrected chi connectivity index (χ4v) is 4.44. The maximum atomic E-state index is 12.8. The van der Waals surface area contributed by atoms with Crippen LogP contribution in [-0.4, -0.2) is 51.2 Å². The Bertz CT molecular complexity index is 1080. The number of hydrogen-bond acceptors (Lipinski definition) is 6. The fraction of sp³-hybridized carbons (Fsp3) is 0.481. The van der Waals surface area contributed by atoms with Crippen molar-refractivity contribution in [3.63, 3.8) is 0 Å². The number of piperidine rings is 1. The number of rotatable bonds is 10. The second kappa shape index (κ2) is 11.8. The van der Waals surface area contributed by atoms with Crippen molar-refractivity contribution in [2.75, 3.05) is 24.6 Å². The van der Waals surface area contributed by atoms with Crippen molar-refractivity contribution in [1.82, 2.24) is 24.8 Å². The first-order valence-corrected chi connectivity index (χ1v) is 12.7. The van der Waals surface area contributed by atoms with Crippen LogP contribution in [0.15, 0.2) is 49.1 Å². The Labute approximate surface area is 207 Å². The SMILES string of the molecule is CCOc1ccc(CCNC(=O)CC2CCCCN2c2cc(C(C)C)nc(-n3ccnc3)n2)cc1. The first-order valence-electron chi connectivity index (χ1n) is 12.7. The molecule has 3 heterocycles. The summed E-state index contributed by atoms with van der Waals surface area (Å²) < 4.78 is 7.33. The molecular weight excluding hydrogens is 440 g/mol. The van der Waals surface area contributed by atoms with Gasteiger partial charge in [-0.25, -0.2) is 9.97 Å². The normalized spacial score (nSPS) is 15.9. The van der Waals surface area contributed by atoms with Crippen LogP contribution < -0.4 is 15.0 Å². The first-order chi connectivity index (χ1) is 17.0. The third-order valence-electron chi connectivity index (χ3n) is 6.36. The number of carbonyl (C=O) groups is 1. The van der Waals surface area contributed by atoms with Crippen LogP contribution in [0.1, 0.15) is 63.6 Å². The molecule has 0 bridgehead atoms. The number of ether oxygens (including phenoxy) is 1. The van der Waals surface area contributed by atoms with Gasteiger partial charge in [-0.2, -0.15) is 4.98 Å². The molecule has 0 saturated carbocycles. The molecule has 0 radical (unpaired) electrons. The minimum atomic E-state index is 0.0841. The summed E-state index contributed by atoms with van der Waals surface area (Å²) in [7, 11) is 0. The van der Waals surface area contributed by atoms with Crippen LogP contribution in [0.2, 0.25) is 0 Å². The summed E-state index contributed by atoms with van der Waals surface area (Å²) in [5.74, 6) is 2.74. The summed E-state index contributed by atoms with van der Waals surface area (Å²) >= 11 is 0. The van der Waals surface area contributed by atoms with Gasteiger partial charge >= 0.3 is 0 Å². The fourth-order valence-electron chi connectivity index (χ4n) is 4.44. The lowest BCUT2D eigenvalue weighted by atomic mass is 9.98. The maximum Gasteiger partial charge on any atom is 0.237 e. The van der Waals surface area contributed by atoms with Gasteiger partial charge in [0, 0.05) is 44.0 Å². The molecule has 1 unspecified atom stereocenters. The number of anilines is 1. The quantitative estimate of drug-likeness (QED) is 0.470. The van der Waals surface area contributed by atoms with E-state index in [-0.39, 0.29) is 17.9 Å². The lowest BCUT2D eigenvalue weighted by Gasteiger charge is -2.36. The minimum Gasteiger partial charge on any atom is -0.494 e. The Morgan fingerprint density at radius 1 is 1.20 bits per heavy atom. The van der Waals surface area contributed by atoms with E-state index in [1.807, 2.05) is 29.8 Å². The van der Waals surface area contributed by atoms with Crippen LogP contribution in [0.5, 0.6) is 5.75 Å². The largest absolute Gasteiger partial charge is 0.494 e. The molecule has 1 saturated heterocycles. The molecule has 1 aliphatic heterocycles. The number of nitrogens with one attached hydrogen (secondary N) is 1. The summed E-state index contributed by atoms with van der Waals surface area (Å²) in [5, 5.41) is 3.11. The molecule has 0 aliphatic carbocycles. The predicted octanol–water partition coefficient (Wildman–Crippen LogP) is 4.29. The molecule has 1 fully saturated rings. The van der Waals surface area contributed by atoms with Crippen molar-refractivity contribution in [3.8, 4) is 11.7 Å². The number of aromatic nitrogens is 4. The van der Waals surface area contributed by atoms with Crippen LogP contribution in [0.25, 0.3) is 5.95 Å². The summed E-state index contributed by atoms with van der Waals surface area (Å²) in [6.45, 7) is 8.41. The molecular formula is C27H36N6O2. The average Bonchev–Trinajstić information content (AvgIpc) is 3.41. The smallest absolute Gasteiger partial charge is 0.237 e. The van der Waals surface area contributed by atoms with Gasteiger partial charge in [0.2, 0.25) is 11.9 Å². The van der Waals surface area contributed by atoms with Gasteiger partial charge in [-0.15, -0.1) is 0 Å². The van der Waals surface area contributed by atoms with E-state index in [1.54, 1.807) is 12.5 Å². The van der Waals surface area contributed by atoms with E-state index in [1.165, 1.54) is 5.56 Å². The van der Waals surface area contributed by atoms with Gasteiger partial charge in [0.15, 0.2) is 0 Å². The molecule has 1 amide bonds. The van der Waals surface area contributed by atoms with Gasteiger partial charge < -0.3 is 15.0 Å². The highest BCUT2D eigenvalue weighted by Gasteiger charge is 2.27. The number of hydrogen-bond donors (Lipinski definition) is 1. The number of amides is 1. The second-order valence-corrected chi connectivity index (χ2v) is 9.30. The van der Waals surface area contributed by atoms with Gasteiger partial charge in [0.25, 0.3) is 0 Å². The van der Waals surface area contributed by atoms with Gasteiger partial charge in [-0.05, 0) is 56.2 Å². The lowest BCUT2D eigenvalue weighted by molar-refractivity contribution is -0.121. The zero-order valence-corrected chi connectivity index (χ0v) is 21.0. The van der Waals surface area contributed by atoms with Crippen molar-refractivity contribution in [1.29, 1.82) is 0 Å². The Morgan fingerprint density at radius 3 is 2.74 bits per heavy atom. The third kappa shape index (κ3) is 6.59. The molecule has 8 heteroatoms. The van der Waals surface area contributed by atoms with E-state index in [2.05, 4.69) is 47.2 Å². The van der Waals surface area contributed by atoms with Crippen molar-refractivity contribution in [2.45, 2.75) is 64.8 Å². The molecule has 8 nitrogen and oxygen atoms in total. The monoisotopic (exact) mass is 476 g/mol. The van der Waals surface area contributed by atoms with Gasteiger partial charge in [-0.3, -0.25) is 9.36 Å². The molecule has 1 N–H and O–H groups in total. The lowest BCUT2D eigenvalue weighted by Crippen LogP contribution is -2.43. The Kier molecular flexibility index (Phi) is 8.34. The first kappa shape index (κ1) is 24.7. The van der Waals surface area contributed by atoms with E-state index in [0.717, 1.165) is 49.5 Å². The van der Waals surface area contributed by atoms with E-state index < -0.39 is 0 Å². The van der Waals surface area contributed by atoms with Crippen molar-refractivity contribution in [3.05, 3.63) is 60.3 Å². The third-order valence-corrected chi connectivity index (χ3v) is 6.36. The summed E-state index contributed by atoms with van der Waals surface area (Å²) in [6, 6.07) is 10.3. The second-order valence-electron chi connectivity index (χ2n) is 9.30. The minimum absolute atomic E-state index is 0.0841. The topological polar surface area (TPSA) is 85.2 Å². The standard InChI is InChI=1S/C27H36N6O2/c1-4-35-23-10-8-21(9-11-23)12-13-29-26(34)17-22-7-5-6-15-33(22)25-18-24(20(2)3)30-27(31-25)32-16-14-28-19-32/h8-11,14,16,18-20,22H,4-7,12-13,15,17H2,1-3H3,(H,29,34). The highest BCUT2D eigenvalue weighted by molar-refractivity contribution is 5.77. The molecule has 0 spiro atoms. The van der Waals surface area contributed by atoms with Crippen LogP contribution in [0.4, 0.5) is 5.82 Å². The van der Waals surface area contributed by atoms with E-state index in [9.17, 15) is 4.79 Å². The average molecular weight is 477 g/mol. The summed E-state index contributed by atoms with van der Waals surface area (Å²) in [4.78, 5) is 28.9. The highest BCUT2D eigenvalue weighted by atomic mass is 16.5. The maximum absolute atomic E-state index is 12.8. The van der Waals surface area contributed by atoms with Gasteiger partial charge in [0.05, 0.1) is 12.3 Å². The van der Waals surface area contributed by atoms with E-state index in [4.69, 9.17) is 14.7 Å². The molecule has 1 aliphatic rings. The molecule has 186 valence electrons. The molecule has 35 heavy (non-hydrogen) atoms. The van der Waals surface area contributed by atoms with Crippen molar-refractivity contribution >= 4 is 11.7 Å². The Hall–Kier alpha value is -3.42.